The Labute approximate surface area is 98.9 Å². The van der Waals surface area contributed by atoms with Gasteiger partial charge in [0.05, 0.1) is 0 Å². The van der Waals surface area contributed by atoms with Crippen molar-refractivity contribution in [3.63, 3.8) is 0 Å². The molecule has 16 heavy (non-hydrogen) atoms. The van der Waals surface area contributed by atoms with Crippen LogP contribution in [0.1, 0.15) is 19.3 Å². The molecule has 0 bridgehead atoms. The van der Waals surface area contributed by atoms with Crippen LogP contribution in [0.15, 0.2) is 36.6 Å². The van der Waals surface area contributed by atoms with Gasteiger partial charge in [0.1, 0.15) is 0 Å². The molecule has 0 aliphatic carbocycles. The molecule has 0 spiro atoms. The van der Waals surface area contributed by atoms with Gasteiger partial charge < -0.3 is 4.90 Å². The van der Waals surface area contributed by atoms with Crippen LogP contribution in [0, 0.1) is 0 Å². The molecular weight excluding hydrogens is 196 g/mol. The highest BCUT2D eigenvalue weighted by atomic mass is 15.1. The lowest BCUT2D eigenvalue weighted by molar-refractivity contribution is 0.251. The van der Waals surface area contributed by atoms with Gasteiger partial charge in [-0.2, -0.15) is 0 Å². The van der Waals surface area contributed by atoms with Crippen molar-refractivity contribution in [3.05, 3.63) is 36.6 Å². The van der Waals surface area contributed by atoms with Crippen molar-refractivity contribution >= 4 is 0 Å². The third kappa shape index (κ3) is 3.86. The van der Waals surface area contributed by atoms with Crippen LogP contribution in [0.5, 0.6) is 0 Å². The second-order valence-electron chi connectivity index (χ2n) is 4.56. The van der Waals surface area contributed by atoms with Crippen LogP contribution in [0.3, 0.4) is 0 Å². The molecule has 1 fully saturated rings. The van der Waals surface area contributed by atoms with Gasteiger partial charge in [-0.25, -0.2) is 0 Å². The number of allylic oxidation sites excluding steroid dienone is 2. The lowest BCUT2D eigenvalue weighted by Crippen LogP contribution is -2.29. The Bertz CT molecular complexity index is 272. The first-order valence-electron chi connectivity index (χ1n) is 6.40. The first-order chi connectivity index (χ1) is 7.95. The Balaban J connectivity index is 1.61. The molecule has 0 unspecified atom stereocenters. The molecule has 0 saturated carbocycles. The molecule has 0 radical (unpaired) electrons. The van der Waals surface area contributed by atoms with E-state index in [0.29, 0.717) is 0 Å². The molecule has 0 N–H and O–H groups in total. The van der Waals surface area contributed by atoms with E-state index in [1.807, 2.05) is 0 Å². The molecule has 0 aromatic carbocycles. The summed E-state index contributed by atoms with van der Waals surface area (Å²) in [5, 5.41) is 0. The molecule has 2 aliphatic heterocycles. The standard InChI is InChI=1S/C14H22N2/c1-3-9-15(10-4-1)13-7-8-14-16-11-5-2-6-12-16/h1,3-4,7-9H,2,5-6,10-14H2/b8-7+. The number of rotatable bonds is 4. The van der Waals surface area contributed by atoms with Crippen LogP contribution in [0.4, 0.5) is 0 Å². The van der Waals surface area contributed by atoms with Crippen LogP contribution in [-0.4, -0.2) is 42.5 Å². The Hall–Kier alpha value is -1.02. The average Bonchev–Trinajstić information content (AvgIpc) is 2.37. The summed E-state index contributed by atoms with van der Waals surface area (Å²) >= 11 is 0. The normalized spacial score (nSPS) is 22.1. The maximum absolute atomic E-state index is 2.55. The van der Waals surface area contributed by atoms with Gasteiger partial charge in [0.25, 0.3) is 0 Å². The van der Waals surface area contributed by atoms with E-state index >= 15 is 0 Å². The van der Waals surface area contributed by atoms with E-state index in [2.05, 4.69) is 46.4 Å². The van der Waals surface area contributed by atoms with Crippen LogP contribution >= 0.6 is 0 Å². The summed E-state index contributed by atoms with van der Waals surface area (Å²) in [5.74, 6) is 0. The zero-order valence-corrected chi connectivity index (χ0v) is 10.0. The largest absolute Gasteiger partial charge is 0.370 e. The first-order valence-corrected chi connectivity index (χ1v) is 6.40. The number of nitrogens with zero attached hydrogens (tertiary/aromatic N) is 2. The van der Waals surface area contributed by atoms with E-state index in [1.54, 1.807) is 0 Å². The maximum Gasteiger partial charge on any atom is 0.0360 e. The Morgan fingerprint density at radius 3 is 2.50 bits per heavy atom. The SMILES string of the molecule is C1=CCN(C/C=C/CN2CCCCC2)C=C1. The zero-order valence-electron chi connectivity index (χ0n) is 10.0. The van der Waals surface area contributed by atoms with Gasteiger partial charge in [-0.1, -0.05) is 30.7 Å². The Kier molecular flexibility index (Phi) is 4.69. The predicted octanol–water partition coefficient (Wildman–Crippen LogP) is 2.41. The molecule has 2 heterocycles. The topological polar surface area (TPSA) is 6.48 Å². The summed E-state index contributed by atoms with van der Waals surface area (Å²) in [6, 6.07) is 0. The molecule has 0 aromatic rings. The number of hydrogen-bond acceptors (Lipinski definition) is 2. The lowest BCUT2D eigenvalue weighted by atomic mass is 10.1. The van der Waals surface area contributed by atoms with Crippen LogP contribution in [-0.2, 0) is 0 Å². The van der Waals surface area contributed by atoms with E-state index in [4.69, 9.17) is 0 Å². The molecule has 0 aromatic heterocycles. The molecule has 2 aliphatic rings. The fourth-order valence-corrected chi connectivity index (χ4v) is 2.22. The summed E-state index contributed by atoms with van der Waals surface area (Å²) in [6.07, 6.45) is 17.3. The van der Waals surface area contributed by atoms with Crippen LogP contribution < -0.4 is 0 Å². The van der Waals surface area contributed by atoms with Crippen LogP contribution in [0.2, 0.25) is 0 Å². The first kappa shape index (κ1) is 11.5. The summed E-state index contributed by atoms with van der Waals surface area (Å²) in [7, 11) is 0. The van der Waals surface area contributed by atoms with E-state index in [1.165, 1.54) is 32.4 Å². The molecule has 88 valence electrons. The van der Waals surface area contributed by atoms with E-state index < -0.39 is 0 Å². The highest BCUT2D eigenvalue weighted by Gasteiger charge is 2.07. The van der Waals surface area contributed by atoms with Gasteiger partial charge in [-0.15, -0.1) is 0 Å². The summed E-state index contributed by atoms with van der Waals surface area (Å²) in [6.45, 7) is 5.79. The third-order valence-corrected chi connectivity index (χ3v) is 3.20. The average molecular weight is 218 g/mol. The highest BCUT2D eigenvalue weighted by molar-refractivity contribution is 5.09. The van der Waals surface area contributed by atoms with Crippen LogP contribution in [0.25, 0.3) is 0 Å². The number of likely N-dealkylation sites (tertiary alicyclic amines) is 1. The maximum atomic E-state index is 2.55. The van der Waals surface area contributed by atoms with Crippen molar-refractivity contribution in [1.29, 1.82) is 0 Å². The fourth-order valence-electron chi connectivity index (χ4n) is 2.22. The number of piperidine rings is 1. The molecule has 2 nitrogen and oxygen atoms in total. The van der Waals surface area contributed by atoms with Crippen molar-refractivity contribution in [2.24, 2.45) is 0 Å². The van der Waals surface area contributed by atoms with Crippen molar-refractivity contribution in [2.45, 2.75) is 19.3 Å². The van der Waals surface area contributed by atoms with Gasteiger partial charge in [-0.3, -0.25) is 4.90 Å². The predicted molar refractivity (Wildman–Crippen MR) is 69.3 cm³/mol. The second-order valence-corrected chi connectivity index (χ2v) is 4.56. The summed E-state index contributed by atoms with van der Waals surface area (Å²) < 4.78 is 0. The zero-order chi connectivity index (χ0) is 11.1. The van der Waals surface area contributed by atoms with Gasteiger partial charge in [0.15, 0.2) is 0 Å². The molecular formula is C14H22N2. The Morgan fingerprint density at radius 1 is 0.938 bits per heavy atom. The minimum Gasteiger partial charge on any atom is -0.370 e. The lowest BCUT2D eigenvalue weighted by Gasteiger charge is -2.25. The Morgan fingerprint density at radius 2 is 1.75 bits per heavy atom. The smallest absolute Gasteiger partial charge is 0.0360 e. The summed E-state index contributed by atoms with van der Waals surface area (Å²) in [5.41, 5.74) is 0. The molecule has 1 saturated heterocycles. The third-order valence-electron chi connectivity index (χ3n) is 3.20. The van der Waals surface area contributed by atoms with Crippen molar-refractivity contribution in [3.8, 4) is 0 Å². The monoisotopic (exact) mass is 218 g/mol. The van der Waals surface area contributed by atoms with Crippen molar-refractivity contribution in [1.82, 2.24) is 9.80 Å². The highest BCUT2D eigenvalue weighted by Crippen LogP contribution is 2.07. The van der Waals surface area contributed by atoms with E-state index in [0.717, 1.165) is 19.6 Å². The molecule has 0 atom stereocenters. The van der Waals surface area contributed by atoms with E-state index in [9.17, 15) is 0 Å². The minimum absolute atomic E-state index is 1.04. The minimum atomic E-state index is 1.04. The quantitative estimate of drug-likeness (QED) is 0.669. The van der Waals surface area contributed by atoms with Crippen molar-refractivity contribution in [2.75, 3.05) is 32.7 Å². The van der Waals surface area contributed by atoms with Gasteiger partial charge >= 0.3 is 0 Å². The van der Waals surface area contributed by atoms with E-state index in [-0.39, 0.29) is 0 Å². The van der Waals surface area contributed by atoms with Gasteiger partial charge in [0, 0.05) is 19.6 Å². The molecule has 2 heteroatoms. The van der Waals surface area contributed by atoms with Gasteiger partial charge in [0.2, 0.25) is 0 Å². The van der Waals surface area contributed by atoms with Crippen molar-refractivity contribution < 1.29 is 0 Å². The second kappa shape index (κ2) is 6.54. The number of hydrogen-bond donors (Lipinski definition) is 0. The molecule has 2 rings (SSSR count). The summed E-state index contributed by atoms with van der Waals surface area (Å²) in [4.78, 5) is 4.86. The molecule has 0 amide bonds. The van der Waals surface area contributed by atoms with Gasteiger partial charge in [-0.05, 0) is 38.2 Å². The fraction of sp³-hybridized carbons (Fsp3) is 0.571.